The standard InChI is InChI=1S/C27H28ClN3O2/c1-19-12-13-20(2)25(17-19)33-16-15-31-24-10-4-3-9-23(24)30-26(31)11-6-14-29-27(32)21-7-5-8-22(28)18-21/h3-5,7-10,12-13,17-18H,6,11,14-16H2,1-2H3,(H,29,32). The molecule has 0 unspecified atom stereocenters. The van der Waals surface area contributed by atoms with Crippen LogP contribution in [0.15, 0.2) is 66.7 Å². The van der Waals surface area contributed by atoms with E-state index in [0.717, 1.165) is 41.0 Å². The maximum absolute atomic E-state index is 12.3. The number of hydrogen-bond acceptors (Lipinski definition) is 3. The fraction of sp³-hybridized carbons (Fsp3) is 0.259. The quantitative estimate of drug-likeness (QED) is 0.323. The fourth-order valence-corrected chi connectivity index (χ4v) is 4.05. The minimum atomic E-state index is -0.118. The largest absolute Gasteiger partial charge is 0.491 e. The van der Waals surface area contributed by atoms with Gasteiger partial charge in [0.25, 0.3) is 5.91 Å². The van der Waals surface area contributed by atoms with Crippen LogP contribution in [-0.4, -0.2) is 28.6 Å². The summed E-state index contributed by atoms with van der Waals surface area (Å²) >= 11 is 5.98. The van der Waals surface area contributed by atoms with E-state index in [1.165, 1.54) is 5.56 Å². The van der Waals surface area contributed by atoms with Gasteiger partial charge in [0, 0.05) is 23.6 Å². The summed E-state index contributed by atoms with van der Waals surface area (Å²) < 4.78 is 8.32. The van der Waals surface area contributed by atoms with E-state index in [1.54, 1.807) is 24.3 Å². The molecule has 6 heteroatoms. The topological polar surface area (TPSA) is 56.1 Å². The molecule has 0 spiro atoms. The number of halogens is 1. The van der Waals surface area contributed by atoms with E-state index in [-0.39, 0.29) is 5.91 Å². The third-order valence-corrected chi connectivity index (χ3v) is 5.83. The smallest absolute Gasteiger partial charge is 0.251 e. The van der Waals surface area contributed by atoms with Gasteiger partial charge in [0.15, 0.2) is 0 Å². The molecule has 0 atom stereocenters. The summed E-state index contributed by atoms with van der Waals surface area (Å²) in [7, 11) is 0. The van der Waals surface area contributed by atoms with Crippen molar-refractivity contribution in [1.82, 2.24) is 14.9 Å². The first kappa shape index (κ1) is 22.9. The second-order valence-corrected chi connectivity index (χ2v) is 8.59. The number of rotatable bonds is 9. The molecule has 1 amide bonds. The fourth-order valence-electron chi connectivity index (χ4n) is 3.86. The molecule has 0 saturated carbocycles. The lowest BCUT2D eigenvalue weighted by atomic mass is 10.1. The molecule has 1 heterocycles. The first-order valence-electron chi connectivity index (χ1n) is 11.2. The molecule has 0 aliphatic rings. The summed E-state index contributed by atoms with van der Waals surface area (Å²) in [5.41, 5.74) is 4.96. The van der Waals surface area contributed by atoms with E-state index in [1.807, 2.05) is 18.2 Å². The number of benzene rings is 3. The maximum Gasteiger partial charge on any atom is 0.251 e. The van der Waals surface area contributed by atoms with Gasteiger partial charge in [-0.05, 0) is 67.8 Å². The number of aromatic nitrogens is 2. The van der Waals surface area contributed by atoms with Gasteiger partial charge >= 0.3 is 0 Å². The van der Waals surface area contributed by atoms with E-state index < -0.39 is 0 Å². The molecule has 0 aliphatic heterocycles. The van der Waals surface area contributed by atoms with E-state index in [9.17, 15) is 4.79 Å². The van der Waals surface area contributed by atoms with Gasteiger partial charge in [0.05, 0.1) is 17.6 Å². The lowest BCUT2D eigenvalue weighted by Gasteiger charge is -2.13. The highest BCUT2D eigenvalue weighted by atomic mass is 35.5. The molecule has 0 bridgehead atoms. The van der Waals surface area contributed by atoms with Gasteiger partial charge in [-0.25, -0.2) is 4.98 Å². The van der Waals surface area contributed by atoms with Crippen LogP contribution >= 0.6 is 11.6 Å². The zero-order chi connectivity index (χ0) is 23.2. The molecule has 0 fully saturated rings. The average molecular weight is 462 g/mol. The highest BCUT2D eigenvalue weighted by Crippen LogP contribution is 2.21. The summed E-state index contributed by atoms with van der Waals surface area (Å²) in [5.74, 6) is 1.80. The van der Waals surface area contributed by atoms with Crippen molar-refractivity contribution >= 4 is 28.5 Å². The van der Waals surface area contributed by atoms with Crippen LogP contribution in [0.3, 0.4) is 0 Å². The monoisotopic (exact) mass is 461 g/mol. The van der Waals surface area contributed by atoms with Crippen molar-refractivity contribution in [2.75, 3.05) is 13.2 Å². The molecule has 1 aromatic heterocycles. The van der Waals surface area contributed by atoms with Crippen molar-refractivity contribution in [1.29, 1.82) is 0 Å². The first-order chi connectivity index (χ1) is 16.0. The van der Waals surface area contributed by atoms with Crippen LogP contribution in [0.1, 0.15) is 33.7 Å². The molecule has 0 aliphatic carbocycles. The molecule has 0 radical (unpaired) electrons. The molecule has 4 aromatic rings. The second kappa shape index (κ2) is 10.5. The van der Waals surface area contributed by atoms with Crippen LogP contribution in [0, 0.1) is 13.8 Å². The van der Waals surface area contributed by atoms with Crippen LogP contribution in [0.5, 0.6) is 5.75 Å². The van der Waals surface area contributed by atoms with Crippen molar-refractivity contribution in [2.24, 2.45) is 0 Å². The van der Waals surface area contributed by atoms with Crippen molar-refractivity contribution in [3.8, 4) is 5.75 Å². The SMILES string of the molecule is Cc1ccc(C)c(OCCn2c(CCCNC(=O)c3cccc(Cl)c3)nc3ccccc32)c1. The number of hydrogen-bond donors (Lipinski definition) is 1. The Bertz CT molecular complexity index is 1270. The molecule has 0 saturated heterocycles. The minimum absolute atomic E-state index is 0.118. The lowest BCUT2D eigenvalue weighted by Crippen LogP contribution is -2.25. The van der Waals surface area contributed by atoms with Crippen LogP contribution in [0.4, 0.5) is 0 Å². The van der Waals surface area contributed by atoms with Gasteiger partial charge in [0.2, 0.25) is 0 Å². The average Bonchev–Trinajstić information content (AvgIpc) is 3.16. The molecule has 4 rings (SSSR count). The van der Waals surface area contributed by atoms with Crippen LogP contribution < -0.4 is 10.1 Å². The van der Waals surface area contributed by atoms with Crippen molar-refractivity contribution in [3.05, 3.63) is 94.3 Å². The Kier molecular flexibility index (Phi) is 7.30. The predicted molar refractivity (Wildman–Crippen MR) is 133 cm³/mol. The molecule has 5 nitrogen and oxygen atoms in total. The zero-order valence-electron chi connectivity index (χ0n) is 19.0. The van der Waals surface area contributed by atoms with E-state index >= 15 is 0 Å². The van der Waals surface area contributed by atoms with Crippen LogP contribution in [0.2, 0.25) is 5.02 Å². The number of nitrogens with one attached hydrogen (secondary N) is 1. The number of carbonyl (C=O) groups excluding carboxylic acids is 1. The third-order valence-electron chi connectivity index (χ3n) is 5.60. The molecule has 3 aromatic carbocycles. The second-order valence-electron chi connectivity index (χ2n) is 8.16. The summed E-state index contributed by atoms with van der Waals surface area (Å²) in [6.45, 7) is 5.96. The molecule has 33 heavy (non-hydrogen) atoms. The van der Waals surface area contributed by atoms with Crippen molar-refractivity contribution < 1.29 is 9.53 Å². The summed E-state index contributed by atoms with van der Waals surface area (Å²) in [5, 5.41) is 3.52. The first-order valence-corrected chi connectivity index (χ1v) is 11.6. The highest BCUT2D eigenvalue weighted by molar-refractivity contribution is 6.30. The number of nitrogens with zero attached hydrogens (tertiary/aromatic N) is 2. The number of ether oxygens (including phenoxy) is 1. The van der Waals surface area contributed by atoms with Gasteiger partial charge in [0.1, 0.15) is 18.2 Å². The number of para-hydroxylation sites is 2. The van der Waals surface area contributed by atoms with Gasteiger partial charge in [-0.2, -0.15) is 0 Å². The summed E-state index contributed by atoms with van der Waals surface area (Å²) in [6, 6.07) is 21.4. The van der Waals surface area contributed by atoms with Gasteiger partial charge < -0.3 is 14.6 Å². The minimum Gasteiger partial charge on any atom is -0.491 e. The Labute approximate surface area is 199 Å². The van der Waals surface area contributed by atoms with Crippen molar-refractivity contribution in [3.63, 3.8) is 0 Å². The number of carbonyl (C=O) groups is 1. The number of fused-ring (bicyclic) bond motifs is 1. The normalized spacial score (nSPS) is 11.0. The van der Waals surface area contributed by atoms with Gasteiger partial charge in [-0.15, -0.1) is 0 Å². The van der Waals surface area contributed by atoms with Crippen molar-refractivity contribution in [2.45, 2.75) is 33.2 Å². The Balaban J connectivity index is 1.38. The predicted octanol–water partition coefficient (Wildman–Crippen LogP) is 5.75. The Morgan fingerprint density at radius 2 is 1.91 bits per heavy atom. The lowest BCUT2D eigenvalue weighted by molar-refractivity contribution is 0.0953. The molecular formula is C27H28ClN3O2. The zero-order valence-corrected chi connectivity index (χ0v) is 19.7. The Morgan fingerprint density at radius 1 is 1.06 bits per heavy atom. The summed E-state index contributed by atoms with van der Waals surface area (Å²) in [4.78, 5) is 17.2. The summed E-state index contributed by atoms with van der Waals surface area (Å²) in [6.07, 6.45) is 1.54. The Morgan fingerprint density at radius 3 is 2.76 bits per heavy atom. The number of amides is 1. The van der Waals surface area contributed by atoms with Crippen LogP contribution in [0.25, 0.3) is 11.0 Å². The number of imidazole rings is 1. The molecular weight excluding hydrogens is 434 g/mol. The maximum atomic E-state index is 12.3. The Hall–Kier alpha value is -3.31. The van der Waals surface area contributed by atoms with E-state index in [0.29, 0.717) is 30.3 Å². The number of aryl methyl sites for hydroxylation is 3. The third kappa shape index (κ3) is 5.74. The molecule has 170 valence electrons. The highest BCUT2D eigenvalue weighted by Gasteiger charge is 2.12. The van der Waals surface area contributed by atoms with Gasteiger partial charge in [-0.3, -0.25) is 4.79 Å². The van der Waals surface area contributed by atoms with E-state index in [4.69, 9.17) is 21.3 Å². The van der Waals surface area contributed by atoms with Gasteiger partial charge in [-0.1, -0.05) is 41.9 Å². The van der Waals surface area contributed by atoms with E-state index in [2.05, 4.69) is 48.0 Å². The molecule has 1 N–H and O–H groups in total. The van der Waals surface area contributed by atoms with Crippen LogP contribution in [-0.2, 0) is 13.0 Å².